The van der Waals surface area contributed by atoms with Gasteiger partial charge in [0.05, 0.1) is 6.04 Å². The van der Waals surface area contributed by atoms with E-state index < -0.39 is 47.9 Å². The van der Waals surface area contributed by atoms with E-state index in [0.717, 1.165) is 5.56 Å². The van der Waals surface area contributed by atoms with Crippen LogP contribution >= 0.6 is 0 Å². The van der Waals surface area contributed by atoms with Gasteiger partial charge >= 0.3 is 5.97 Å². The van der Waals surface area contributed by atoms with Gasteiger partial charge in [-0.2, -0.15) is 0 Å². The summed E-state index contributed by atoms with van der Waals surface area (Å²) in [6, 6.07) is 5.21. The highest BCUT2D eigenvalue weighted by Crippen LogP contribution is 2.10. The molecule has 4 unspecified atom stereocenters. The molecule has 0 aliphatic rings. The van der Waals surface area contributed by atoms with E-state index in [1.807, 2.05) is 19.9 Å². The van der Waals surface area contributed by atoms with Crippen LogP contribution in [-0.2, 0) is 25.6 Å². The zero-order valence-corrected chi connectivity index (χ0v) is 19.4. The summed E-state index contributed by atoms with van der Waals surface area (Å²) in [5.41, 5.74) is 6.35. The molecule has 0 saturated carbocycles. The molecule has 0 fully saturated rings. The van der Waals surface area contributed by atoms with Crippen LogP contribution in [0.2, 0.25) is 0 Å². The van der Waals surface area contributed by atoms with Crippen molar-refractivity contribution in [1.82, 2.24) is 16.0 Å². The average molecular weight is 449 g/mol. The predicted molar refractivity (Wildman–Crippen MR) is 122 cm³/mol. The van der Waals surface area contributed by atoms with Crippen molar-refractivity contribution < 1.29 is 24.3 Å². The van der Waals surface area contributed by atoms with Gasteiger partial charge in [0.25, 0.3) is 0 Å². The molecule has 0 aliphatic carbocycles. The number of hydrogen-bond donors (Lipinski definition) is 5. The molecular formula is C23H36N4O5. The summed E-state index contributed by atoms with van der Waals surface area (Å²) in [4.78, 5) is 49.6. The molecule has 32 heavy (non-hydrogen) atoms. The molecule has 9 nitrogen and oxygen atoms in total. The average Bonchev–Trinajstić information content (AvgIpc) is 2.70. The lowest BCUT2D eigenvalue weighted by Crippen LogP contribution is -2.58. The van der Waals surface area contributed by atoms with Crippen LogP contribution in [0.4, 0.5) is 0 Å². The topological polar surface area (TPSA) is 151 Å². The molecule has 0 aromatic heterocycles. The van der Waals surface area contributed by atoms with Crippen molar-refractivity contribution in [3.63, 3.8) is 0 Å². The monoisotopic (exact) mass is 448 g/mol. The number of amides is 3. The Labute approximate surface area is 189 Å². The Bertz CT molecular complexity index is 780. The molecule has 0 saturated heterocycles. The molecule has 0 aliphatic heterocycles. The Balaban J connectivity index is 2.96. The van der Waals surface area contributed by atoms with Crippen molar-refractivity contribution in [3.05, 3.63) is 35.9 Å². The van der Waals surface area contributed by atoms with E-state index in [-0.39, 0.29) is 18.3 Å². The highest BCUT2D eigenvalue weighted by molar-refractivity contribution is 5.94. The van der Waals surface area contributed by atoms with Gasteiger partial charge in [0.1, 0.15) is 18.1 Å². The number of aliphatic carboxylic acids is 1. The van der Waals surface area contributed by atoms with Crippen molar-refractivity contribution in [2.24, 2.45) is 17.6 Å². The van der Waals surface area contributed by atoms with Gasteiger partial charge in [0, 0.05) is 6.42 Å². The fourth-order valence-electron chi connectivity index (χ4n) is 3.11. The molecule has 0 spiro atoms. The highest BCUT2D eigenvalue weighted by Gasteiger charge is 2.31. The minimum absolute atomic E-state index is 0.0552. The van der Waals surface area contributed by atoms with Gasteiger partial charge in [-0.15, -0.1) is 0 Å². The summed E-state index contributed by atoms with van der Waals surface area (Å²) >= 11 is 0. The van der Waals surface area contributed by atoms with Crippen molar-refractivity contribution in [1.29, 1.82) is 0 Å². The van der Waals surface area contributed by atoms with Crippen molar-refractivity contribution >= 4 is 23.7 Å². The van der Waals surface area contributed by atoms with E-state index in [0.29, 0.717) is 6.42 Å². The molecule has 178 valence electrons. The third-order valence-corrected chi connectivity index (χ3v) is 4.90. The number of carbonyl (C=O) groups excluding carboxylic acids is 3. The van der Waals surface area contributed by atoms with E-state index >= 15 is 0 Å². The Kier molecular flexibility index (Phi) is 10.8. The van der Waals surface area contributed by atoms with Crippen LogP contribution in [0.5, 0.6) is 0 Å². The molecule has 0 heterocycles. The molecule has 1 aromatic carbocycles. The molecule has 4 atom stereocenters. The van der Waals surface area contributed by atoms with Gasteiger partial charge in [0.2, 0.25) is 17.7 Å². The number of nitrogens with one attached hydrogen (secondary N) is 3. The summed E-state index contributed by atoms with van der Waals surface area (Å²) < 4.78 is 0. The first-order valence-corrected chi connectivity index (χ1v) is 10.9. The van der Waals surface area contributed by atoms with Crippen LogP contribution in [0.15, 0.2) is 30.3 Å². The van der Waals surface area contributed by atoms with Crippen LogP contribution in [0.3, 0.4) is 0 Å². The second kappa shape index (κ2) is 12.8. The minimum atomic E-state index is -1.17. The van der Waals surface area contributed by atoms with Crippen molar-refractivity contribution in [2.45, 2.75) is 71.6 Å². The van der Waals surface area contributed by atoms with Crippen LogP contribution in [-0.4, -0.2) is 53.0 Å². The number of hydrogen-bond acceptors (Lipinski definition) is 5. The van der Waals surface area contributed by atoms with Crippen LogP contribution < -0.4 is 21.7 Å². The summed E-state index contributed by atoms with van der Waals surface area (Å²) in [5, 5.41) is 17.4. The summed E-state index contributed by atoms with van der Waals surface area (Å²) in [6.45, 7) is 8.83. The Morgan fingerprint density at radius 1 is 0.844 bits per heavy atom. The fourth-order valence-corrected chi connectivity index (χ4v) is 3.11. The smallest absolute Gasteiger partial charge is 0.326 e. The van der Waals surface area contributed by atoms with E-state index in [2.05, 4.69) is 16.0 Å². The standard InChI is InChI=1S/C23H36N4O5/c1-13(2)11-17(25-22(30)19(14(3)4)27-20(28)15(5)24)21(29)26-18(23(31)32)12-16-9-7-6-8-10-16/h6-10,13-15,17-19H,11-12,24H2,1-5H3,(H,25,30)(H,26,29)(H,27,28)(H,31,32). The molecule has 3 amide bonds. The lowest BCUT2D eigenvalue weighted by atomic mass is 9.99. The summed E-state index contributed by atoms with van der Waals surface area (Å²) in [7, 11) is 0. The number of carbonyl (C=O) groups is 4. The normalized spacial score (nSPS) is 14.9. The number of carboxylic acid groups (broad SMARTS) is 1. The second-order valence-corrected chi connectivity index (χ2v) is 8.80. The van der Waals surface area contributed by atoms with Gasteiger partial charge in [-0.1, -0.05) is 58.0 Å². The first-order chi connectivity index (χ1) is 14.9. The quantitative estimate of drug-likeness (QED) is 0.319. The van der Waals surface area contributed by atoms with Crippen LogP contribution in [0.25, 0.3) is 0 Å². The van der Waals surface area contributed by atoms with Crippen LogP contribution in [0, 0.1) is 11.8 Å². The third-order valence-electron chi connectivity index (χ3n) is 4.90. The largest absolute Gasteiger partial charge is 0.480 e. The molecule has 6 N–H and O–H groups in total. The molecule has 1 rings (SSSR count). The zero-order valence-electron chi connectivity index (χ0n) is 19.4. The summed E-state index contributed by atoms with van der Waals surface area (Å²) in [6.07, 6.45) is 0.421. The maximum atomic E-state index is 12.9. The molecule has 0 bridgehead atoms. The Morgan fingerprint density at radius 2 is 1.41 bits per heavy atom. The molecular weight excluding hydrogens is 412 g/mol. The molecule has 0 radical (unpaired) electrons. The minimum Gasteiger partial charge on any atom is -0.480 e. The van der Waals surface area contributed by atoms with Gasteiger partial charge in [-0.05, 0) is 30.7 Å². The van der Waals surface area contributed by atoms with E-state index in [1.54, 1.807) is 38.1 Å². The van der Waals surface area contributed by atoms with Crippen molar-refractivity contribution in [2.75, 3.05) is 0 Å². The fraction of sp³-hybridized carbons (Fsp3) is 0.565. The maximum absolute atomic E-state index is 12.9. The lowest BCUT2D eigenvalue weighted by Gasteiger charge is -2.27. The maximum Gasteiger partial charge on any atom is 0.326 e. The SMILES string of the molecule is CC(C)CC(NC(=O)C(NC(=O)C(C)N)C(C)C)C(=O)NC(Cc1ccccc1)C(=O)O. The number of carboxylic acids is 1. The second-order valence-electron chi connectivity index (χ2n) is 8.80. The number of nitrogens with two attached hydrogens (primary N) is 1. The zero-order chi connectivity index (χ0) is 24.4. The lowest BCUT2D eigenvalue weighted by molar-refractivity contribution is -0.142. The Hall–Kier alpha value is -2.94. The number of benzene rings is 1. The number of rotatable bonds is 12. The van der Waals surface area contributed by atoms with E-state index in [1.165, 1.54) is 6.92 Å². The summed E-state index contributed by atoms with van der Waals surface area (Å²) in [5.74, 6) is -2.94. The van der Waals surface area contributed by atoms with Gasteiger partial charge in [-0.3, -0.25) is 14.4 Å². The third kappa shape index (κ3) is 9.05. The Morgan fingerprint density at radius 3 is 1.88 bits per heavy atom. The van der Waals surface area contributed by atoms with Gasteiger partial charge < -0.3 is 26.8 Å². The van der Waals surface area contributed by atoms with Crippen LogP contribution in [0.1, 0.15) is 46.6 Å². The van der Waals surface area contributed by atoms with Gasteiger partial charge in [0.15, 0.2) is 0 Å². The molecule has 1 aromatic rings. The molecule has 9 heteroatoms. The van der Waals surface area contributed by atoms with Crippen molar-refractivity contribution in [3.8, 4) is 0 Å². The van der Waals surface area contributed by atoms with Gasteiger partial charge in [-0.25, -0.2) is 4.79 Å². The highest BCUT2D eigenvalue weighted by atomic mass is 16.4. The van der Waals surface area contributed by atoms with E-state index in [4.69, 9.17) is 5.73 Å². The van der Waals surface area contributed by atoms with E-state index in [9.17, 15) is 24.3 Å². The first kappa shape index (κ1) is 27.1. The first-order valence-electron chi connectivity index (χ1n) is 10.9. The predicted octanol–water partition coefficient (Wildman–Crippen LogP) is 0.817.